The maximum Gasteiger partial charge on any atom is 0.345 e. The molecular weight excluding hydrogens is 258 g/mol. The van der Waals surface area contributed by atoms with E-state index in [1.807, 2.05) is 13.8 Å². The summed E-state index contributed by atoms with van der Waals surface area (Å²) in [5.41, 5.74) is 3.82. The first kappa shape index (κ1) is 14.0. The van der Waals surface area contributed by atoms with Crippen LogP contribution in [-0.4, -0.2) is 26.1 Å². The van der Waals surface area contributed by atoms with Gasteiger partial charge in [-0.3, -0.25) is 9.89 Å². The topological polar surface area (TPSA) is 104 Å². The summed E-state index contributed by atoms with van der Waals surface area (Å²) in [6.45, 7) is 7.14. The van der Waals surface area contributed by atoms with Gasteiger partial charge >= 0.3 is 5.69 Å². The van der Waals surface area contributed by atoms with Crippen LogP contribution in [0.25, 0.3) is 0 Å². The lowest BCUT2D eigenvalue weighted by Crippen LogP contribution is -2.21. The Bertz CT molecular complexity index is 668. The Labute approximate surface area is 115 Å². The second-order valence-electron chi connectivity index (χ2n) is 4.76. The molecule has 0 radical (unpaired) electrons. The van der Waals surface area contributed by atoms with Crippen LogP contribution in [0.4, 0.5) is 5.69 Å². The van der Waals surface area contributed by atoms with Crippen molar-refractivity contribution in [2.75, 3.05) is 5.32 Å². The molecule has 2 heterocycles. The third-order valence-corrected chi connectivity index (χ3v) is 3.18. The van der Waals surface area contributed by atoms with Crippen LogP contribution < -0.4 is 11.0 Å². The summed E-state index contributed by atoms with van der Waals surface area (Å²) in [5, 5.41) is 9.66. The van der Waals surface area contributed by atoms with Gasteiger partial charge in [-0.05, 0) is 27.7 Å². The van der Waals surface area contributed by atoms with Gasteiger partial charge in [-0.2, -0.15) is 10.1 Å². The van der Waals surface area contributed by atoms with E-state index in [9.17, 15) is 9.59 Å². The molecule has 0 aliphatic carbocycles. The maximum atomic E-state index is 12.1. The first-order valence-electron chi connectivity index (χ1n) is 6.26. The molecule has 0 atom stereocenters. The zero-order chi connectivity index (χ0) is 14.9. The number of hydrogen-bond acceptors (Lipinski definition) is 4. The fourth-order valence-corrected chi connectivity index (χ4v) is 2.09. The minimum atomic E-state index is -0.398. The Hall–Kier alpha value is -2.44. The number of rotatable bonds is 3. The lowest BCUT2D eigenvalue weighted by Gasteiger charge is -2.09. The van der Waals surface area contributed by atoms with Crippen molar-refractivity contribution in [3.05, 3.63) is 38.8 Å². The fraction of sp³-hybridized carbons (Fsp3) is 0.385. The maximum absolute atomic E-state index is 12.1. The average molecular weight is 275 g/mol. The van der Waals surface area contributed by atoms with Gasteiger partial charge in [0.25, 0.3) is 0 Å². The van der Waals surface area contributed by atoms with Gasteiger partial charge in [-0.25, -0.2) is 4.79 Å². The van der Waals surface area contributed by atoms with Crippen LogP contribution in [0.1, 0.15) is 28.3 Å². The van der Waals surface area contributed by atoms with Gasteiger partial charge in [-0.1, -0.05) is 0 Å². The number of hydrogen-bond donors (Lipinski definition) is 3. The summed E-state index contributed by atoms with van der Waals surface area (Å²) in [5.74, 6) is -0.169. The highest BCUT2D eigenvalue weighted by Gasteiger charge is 2.14. The molecule has 0 saturated carbocycles. The Balaban J connectivity index is 2.19. The molecule has 0 spiro atoms. The second-order valence-corrected chi connectivity index (χ2v) is 4.76. The molecule has 2 aromatic heterocycles. The van der Waals surface area contributed by atoms with Gasteiger partial charge in [0, 0.05) is 17.0 Å². The Kier molecular flexibility index (Phi) is 3.69. The van der Waals surface area contributed by atoms with E-state index >= 15 is 0 Å². The molecule has 20 heavy (non-hydrogen) atoms. The Morgan fingerprint density at radius 1 is 1.15 bits per heavy atom. The number of nitrogens with one attached hydrogen (secondary N) is 3. The Morgan fingerprint density at radius 2 is 1.85 bits per heavy atom. The van der Waals surface area contributed by atoms with E-state index in [1.54, 1.807) is 13.8 Å². The number of H-pyrrole nitrogens is 2. The number of anilines is 1. The predicted octanol–water partition coefficient (Wildman–Crippen LogP) is 0.908. The summed E-state index contributed by atoms with van der Waals surface area (Å²) in [4.78, 5) is 29.7. The third-order valence-electron chi connectivity index (χ3n) is 3.18. The van der Waals surface area contributed by atoms with Crippen molar-refractivity contribution in [1.29, 1.82) is 0 Å². The van der Waals surface area contributed by atoms with Gasteiger partial charge in [0.05, 0.1) is 23.5 Å². The number of aromatic amines is 2. The lowest BCUT2D eigenvalue weighted by molar-refractivity contribution is -0.115. The van der Waals surface area contributed by atoms with Gasteiger partial charge in [0.1, 0.15) is 0 Å². The number of aromatic nitrogens is 4. The molecule has 0 bridgehead atoms. The quantitative estimate of drug-likeness (QED) is 0.774. The van der Waals surface area contributed by atoms with Crippen molar-refractivity contribution in [2.24, 2.45) is 0 Å². The van der Waals surface area contributed by atoms with Crippen molar-refractivity contribution in [3.63, 3.8) is 0 Å². The molecule has 106 valence electrons. The molecule has 7 heteroatoms. The predicted molar refractivity (Wildman–Crippen MR) is 74.7 cm³/mol. The third kappa shape index (κ3) is 2.76. The number of carbonyl (C=O) groups excluding carboxylic acids is 1. The average Bonchev–Trinajstić information content (AvgIpc) is 2.65. The van der Waals surface area contributed by atoms with E-state index in [2.05, 4.69) is 25.5 Å². The summed E-state index contributed by atoms with van der Waals surface area (Å²) >= 11 is 0. The second kappa shape index (κ2) is 5.28. The first-order chi connectivity index (χ1) is 9.38. The normalized spacial score (nSPS) is 10.6. The minimum Gasteiger partial charge on any atom is -0.323 e. The smallest absolute Gasteiger partial charge is 0.323 e. The zero-order valence-corrected chi connectivity index (χ0v) is 11.9. The van der Waals surface area contributed by atoms with Crippen molar-refractivity contribution in [3.8, 4) is 0 Å². The van der Waals surface area contributed by atoms with Crippen molar-refractivity contribution in [2.45, 2.75) is 34.1 Å². The van der Waals surface area contributed by atoms with E-state index in [0.29, 0.717) is 17.1 Å². The summed E-state index contributed by atoms with van der Waals surface area (Å²) in [7, 11) is 0. The van der Waals surface area contributed by atoms with Gasteiger partial charge < -0.3 is 10.3 Å². The largest absolute Gasteiger partial charge is 0.345 e. The van der Waals surface area contributed by atoms with Crippen LogP contribution in [0.15, 0.2) is 4.79 Å². The molecule has 0 fully saturated rings. The number of nitrogens with zero attached hydrogens (tertiary/aromatic N) is 2. The van der Waals surface area contributed by atoms with Crippen LogP contribution in [0.2, 0.25) is 0 Å². The number of carbonyl (C=O) groups is 1. The molecule has 0 saturated heterocycles. The van der Waals surface area contributed by atoms with E-state index < -0.39 is 5.69 Å². The minimum absolute atomic E-state index is 0.158. The highest BCUT2D eigenvalue weighted by molar-refractivity contribution is 5.93. The molecular formula is C13H17N5O2. The monoisotopic (exact) mass is 275 g/mol. The first-order valence-corrected chi connectivity index (χ1v) is 6.26. The highest BCUT2D eigenvalue weighted by Crippen LogP contribution is 2.17. The molecule has 0 unspecified atom stereocenters. The van der Waals surface area contributed by atoms with Crippen LogP contribution in [0.3, 0.4) is 0 Å². The molecule has 7 nitrogen and oxygen atoms in total. The van der Waals surface area contributed by atoms with E-state index in [4.69, 9.17) is 0 Å². The zero-order valence-electron chi connectivity index (χ0n) is 11.9. The molecule has 3 N–H and O–H groups in total. The van der Waals surface area contributed by atoms with E-state index in [-0.39, 0.29) is 12.3 Å². The molecule has 2 aromatic rings. The van der Waals surface area contributed by atoms with E-state index in [1.165, 1.54) is 0 Å². The van der Waals surface area contributed by atoms with Crippen LogP contribution in [-0.2, 0) is 11.2 Å². The molecule has 2 rings (SSSR count). The van der Waals surface area contributed by atoms with Crippen LogP contribution in [0.5, 0.6) is 0 Å². The van der Waals surface area contributed by atoms with Crippen molar-refractivity contribution >= 4 is 11.6 Å². The van der Waals surface area contributed by atoms with E-state index in [0.717, 1.165) is 17.0 Å². The summed E-state index contributed by atoms with van der Waals surface area (Å²) in [6, 6.07) is 0. The Morgan fingerprint density at radius 3 is 2.40 bits per heavy atom. The van der Waals surface area contributed by atoms with Crippen molar-refractivity contribution < 1.29 is 4.79 Å². The van der Waals surface area contributed by atoms with Crippen molar-refractivity contribution in [1.82, 2.24) is 20.2 Å². The highest BCUT2D eigenvalue weighted by atomic mass is 16.2. The summed E-state index contributed by atoms with van der Waals surface area (Å²) < 4.78 is 0. The van der Waals surface area contributed by atoms with Crippen LogP contribution in [0, 0.1) is 27.7 Å². The number of aryl methyl sites for hydroxylation is 4. The standard InChI is InChI=1S/C13H17N5O2/c1-6-10(7(2)15-13(20)14-6)5-11(19)16-12-8(3)17-18-9(12)4/h5H2,1-4H3,(H,16,19)(H,17,18)(H,14,15,20). The molecule has 0 aromatic carbocycles. The lowest BCUT2D eigenvalue weighted by atomic mass is 10.1. The van der Waals surface area contributed by atoms with Gasteiger partial charge in [0.2, 0.25) is 5.91 Å². The van der Waals surface area contributed by atoms with Gasteiger partial charge in [-0.15, -0.1) is 0 Å². The fourth-order valence-electron chi connectivity index (χ4n) is 2.09. The molecule has 0 aliphatic rings. The van der Waals surface area contributed by atoms with Crippen LogP contribution >= 0.6 is 0 Å². The molecule has 1 amide bonds. The van der Waals surface area contributed by atoms with Gasteiger partial charge in [0.15, 0.2) is 0 Å². The number of amides is 1. The summed E-state index contributed by atoms with van der Waals surface area (Å²) in [6.07, 6.45) is 0.158. The molecule has 0 aliphatic heterocycles. The SMILES string of the molecule is Cc1nc(=O)[nH]c(C)c1CC(=O)Nc1c(C)n[nH]c1C.